The van der Waals surface area contributed by atoms with Crippen molar-refractivity contribution in [3.63, 3.8) is 0 Å². The summed E-state index contributed by atoms with van der Waals surface area (Å²) in [6, 6.07) is -3.23. The van der Waals surface area contributed by atoms with Gasteiger partial charge in [-0.25, -0.2) is 0 Å². The number of likely N-dealkylation sites (N-methyl/N-ethyl adjacent to an activating group) is 3. The predicted octanol–water partition coefficient (Wildman–Crippen LogP) is -4.17. The molecule has 3 aromatic carbocycles. The molecule has 5 aromatic rings. The summed E-state index contributed by atoms with van der Waals surface area (Å²) in [4.78, 5) is 257. The second kappa shape index (κ2) is 47.3. The minimum Gasteiger partial charge on any atom is -0.508 e. The van der Waals surface area contributed by atoms with E-state index in [-0.39, 0.29) is 69.6 Å². The van der Waals surface area contributed by atoms with Crippen LogP contribution < -0.4 is 64.6 Å². The lowest BCUT2D eigenvalue weighted by molar-refractivity contribution is -0.149. The number of hydrogen-bond acceptors (Lipinski definition) is 23. The number of para-hydroxylation sites is 2. The van der Waals surface area contributed by atoms with Gasteiger partial charge in [-0.15, -0.1) is 11.8 Å². The van der Waals surface area contributed by atoms with Gasteiger partial charge in [0.2, 0.25) is 100 Å². The molecule has 3 aliphatic rings. The van der Waals surface area contributed by atoms with E-state index in [2.05, 4.69) is 63.1 Å². The van der Waals surface area contributed by atoms with E-state index in [4.69, 9.17) is 11.5 Å². The van der Waals surface area contributed by atoms with Crippen LogP contribution in [-0.2, 0) is 101 Å². The summed E-state index contributed by atoms with van der Waals surface area (Å²) in [6.45, 7) is 3.61. The summed E-state index contributed by atoms with van der Waals surface area (Å²) in [5.41, 5.74) is 13.6. The van der Waals surface area contributed by atoms with Crippen LogP contribution in [0.1, 0.15) is 122 Å². The van der Waals surface area contributed by atoms with Crippen LogP contribution in [0.4, 0.5) is 0 Å². The molecule has 8 rings (SSSR count). The van der Waals surface area contributed by atoms with E-state index in [9.17, 15) is 78.3 Å². The number of fused-ring (bicyclic) bond motifs is 4. The zero-order valence-corrected chi connectivity index (χ0v) is 73.2. The monoisotopic (exact) mass is 1790 g/mol. The third-order valence-corrected chi connectivity index (χ3v) is 23.8. The number of aromatic nitrogens is 2. The molecule has 21 N–H and O–H groups in total. The third kappa shape index (κ3) is 27.1. The van der Waals surface area contributed by atoms with Gasteiger partial charge in [0.15, 0.2) is 0 Å². The van der Waals surface area contributed by atoms with Gasteiger partial charge in [0.1, 0.15) is 90.3 Å². The van der Waals surface area contributed by atoms with Gasteiger partial charge in [0.05, 0.1) is 44.6 Å². The number of phenolic OH excluding ortho intramolecular Hbond substituents is 1. The zero-order chi connectivity index (χ0) is 93.2. The average Bonchev–Trinajstić information content (AvgIpc) is 1.72. The number of amides is 17. The van der Waals surface area contributed by atoms with E-state index in [1.165, 1.54) is 52.3 Å². The maximum Gasteiger partial charge on any atom is 0.246 e. The van der Waals surface area contributed by atoms with Gasteiger partial charge in [-0.1, -0.05) is 102 Å². The molecule has 0 radical (unpaired) electrons. The number of carbonyl (C=O) groups is 17. The Kier molecular flexibility index (Phi) is 37.3. The van der Waals surface area contributed by atoms with E-state index in [0.29, 0.717) is 64.2 Å². The summed E-state index contributed by atoms with van der Waals surface area (Å²) in [5.74, 6) is -18.6. The Labute approximate surface area is 737 Å². The summed E-state index contributed by atoms with van der Waals surface area (Å²) in [7, 11) is 3.81. The number of aliphatic hydroxyl groups excluding tert-OH is 4. The molecule has 0 bridgehead atoms. The maximum atomic E-state index is 15.6. The smallest absolute Gasteiger partial charge is 0.246 e. The van der Waals surface area contributed by atoms with Gasteiger partial charge in [0, 0.05) is 99.9 Å². The Morgan fingerprint density at radius 3 is 1.57 bits per heavy atom. The van der Waals surface area contributed by atoms with Crippen molar-refractivity contribution in [2.45, 2.75) is 215 Å². The SMILES string of the molecule is CCCC[C@H]1C(=O)N(C)[C@@H](CCCC)C(=O)N[C@@H](CO)C(=O)N[C@H](C(=O)NCC(N)=O)CSCC(=O)N[C@@H](Cc2ccc(O)cc2)C(=O)N(C)[C@@H](C)C(=O)N[C@@H](CC(N)=O)C(=O)N2CCC[C@H]2C(=O)N[C@@H](CO)C(=O)N[C@@H](CC(C)C)C(=O)N2C[C@H](O)C[C@H]2C(=O)N[C@@H](Cc2c[nH]c3ccccc23)C(=O)N[C@@H](CO)C(=O)N[C@@H](Cc2c[nH]c3ccccc23)C(=O)N1C. The number of primary amides is 2. The van der Waals surface area contributed by atoms with Gasteiger partial charge in [0.25, 0.3) is 0 Å². The van der Waals surface area contributed by atoms with Crippen molar-refractivity contribution in [2.75, 3.05) is 72.1 Å². The Morgan fingerprint density at radius 1 is 0.520 bits per heavy atom. The summed E-state index contributed by atoms with van der Waals surface area (Å²) in [6.07, 6.45) is 1.15. The summed E-state index contributed by atoms with van der Waals surface area (Å²) < 4.78 is 0. The van der Waals surface area contributed by atoms with E-state index < -0.39 is 248 Å². The van der Waals surface area contributed by atoms with E-state index >= 15 is 28.8 Å². The predicted molar refractivity (Wildman–Crippen MR) is 463 cm³/mol. The van der Waals surface area contributed by atoms with Crippen LogP contribution >= 0.6 is 11.8 Å². The maximum absolute atomic E-state index is 15.6. The van der Waals surface area contributed by atoms with Gasteiger partial charge in [-0.3, -0.25) is 81.5 Å². The number of hydrogen-bond donors (Lipinski definition) is 19. The second-order valence-corrected chi connectivity index (χ2v) is 33.6. The fourth-order valence-electron chi connectivity index (χ4n) is 15.6. The highest BCUT2D eigenvalue weighted by Gasteiger charge is 2.47. The first-order valence-corrected chi connectivity index (χ1v) is 43.5. The fraction of sp³-hybridized carbons (Fsp3) is 0.541. The van der Waals surface area contributed by atoms with E-state index in [1.807, 2.05) is 6.92 Å². The van der Waals surface area contributed by atoms with Crippen LogP contribution in [0.2, 0.25) is 0 Å². The van der Waals surface area contributed by atoms with Crippen LogP contribution in [0.3, 0.4) is 0 Å². The quantitative estimate of drug-likeness (QED) is 0.0313. The lowest BCUT2D eigenvalue weighted by Crippen LogP contribution is -2.62. The highest BCUT2D eigenvalue weighted by molar-refractivity contribution is 8.00. The number of nitrogens with two attached hydrogens (primary N) is 2. The Hall–Kier alpha value is -12.3. The number of benzene rings is 3. The van der Waals surface area contributed by atoms with Gasteiger partial charge >= 0.3 is 0 Å². The molecule has 2 aromatic heterocycles. The highest BCUT2D eigenvalue weighted by atomic mass is 32.2. The van der Waals surface area contributed by atoms with Crippen molar-refractivity contribution < 1.29 is 107 Å². The largest absolute Gasteiger partial charge is 0.508 e. The van der Waals surface area contributed by atoms with E-state index in [1.54, 1.807) is 81.7 Å². The van der Waals surface area contributed by atoms with Crippen molar-refractivity contribution in [2.24, 2.45) is 17.4 Å². The van der Waals surface area contributed by atoms with Crippen LogP contribution in [0.5, 0.6) is 5.75 Å². The summed E-state index contributed by atoms with van der Waals surface area (Å²) in [5, 5.41) is 80.7. The van der Waals surface area contributed by atoms with Gasteiger partial charge in [-0.05, 0) is 85.9 Å². The number of aliphatic hydroxyl groups is 4. The third-order valence-electron chi connectivity index (χ3n) is 22.7. The molecule has 127 heavy (non-hydrogen) atoms. The molecule has 0 spiro atoms. The number of carbonyl (C=O) groups excluding carboxylic acids is 17. The van der Waals surface area contributed by atoms with Crippen LogP contribution in [0.15, 0.2) is 85.2 Å². The van der Waals surface area contributed by atoms with Crippen LogP contribution in [0.25, 0.3) is 21.8 Å². The summed E-state index contributed by atoms with van der Waals surface area (Å²) >= 11 is 0.721. The Morgan fingerprint density at radius 2 is 1.00 bits per heavy atom. The lowest BCUT2D eigenvalue weighted by Gasteiger charge is -2.36. The highest BCUT2D eigenvalue weighted by Crippen LogP contribution is 2.28. The average molecular weight is 1790 g/mol. The van der Waals surface area contributed by atoms with Crippen molar-refractivity contribution in [3.05, 3.63) is 102 Å². The van der Waals surface area contributed by atoms with Crippen molar-refractivity contribution in [3.8, 4) is 5.75 Å². The number of H-pyrrole nitrogens is 2. The van der Waals surface area contributed by atoms with Crippen molar-refractivity contribution >= 4 is 134 Å². The first-order valence-electron chi connectivity index (χ1n) is 42.4. The molecule has 42 heteroatoms. The van der Waals surface area contributed by atoms with Gasteiger partial charge in [-0.2, -0.15) is 0 Å². The molecule has 17 amide bonds. The van der Waals surface area contributed by atoms with Crippen LogP contribution in [-0.4, -0.2) is 323 Å². The minimum absolute atomic E-state index is 0.0223. The molecule has 3 fully saturated rings. The standard InChI is InChI=1S/C85H119N19O22S/c1-9-11-22-65-78(119)97-63(42-107)77(118)99-64(73(114)90-38-70(87)111)43-127-44-71(112)91-58(31-47-25-27-50(108)28-26-47)81(122)100(6)46(5)72(113)93-60(35-69(86)110)83(124)103-29-17-24-66(103)79(120)98-62(41-106)76(117)94-57(30-45(3)4)84(125)104-39-51(109)34-68(104)80(121)92-56(32-48-36-88-54-20-15-13-18-52(48)54)74(115)96-61(40-105)75(116)95-59(33-49-37-89-55-21-16-14-19-53(49)55)82(123)102(8)67(23-12-10-2)85(126)101(65)7/h13-16,18-21,25-28,36-37,45-46,51,56-68,88-89,105-109H,9-12,17,22-24,29-35,38-44H2,1-8H3,(H2,86,110)(H2,87,111)(H,90,114)(H,91,112)(H,92,121)(H,93,113)(H,94,117)(H,95,116)(H,96,115)(H,97,119)(H,98,120)(H,99,118)/t46-,51+,56-,57-,58-,59-,60-,61-,62-,63-,64-,65-,66-,67-,68-/m0/s1. The first kappa shape index (κ1) is 100. The van der Waals surface area contributed by atoms with Gasteiger partial charge < -0.3 is 125 Å². The molecule has 5 heterocycles. The number of aromatic amines is 2. The second-order valence-electron chi connectivity index (χ2n) is 32.6. The molecule has 3 aliphatic heterocycles. The lowest BCUT2D eigenvalue weighted by atomic mass is 10.00. The van der Waals surface area contributed by atoms with Crippen LogP contribution in [0, 0.1) is 5.92 Å². The first-order chi connectivity index (χ1) is 60.4. The molecule has 41 nitrogen and oxygen atoms in total. The number of aromatic hydroxyl groups is 1. The molecule has 0 unspecified atom stereocenters. The minimum atomic E-state index is -1.90. The molecule has 0 aliphatic carbocycles. The molecule has 0 saturated carbocycles. The fourth-order valence-corrected chi connectivity index (χ4v) is 16.4. The van der Waals surface area contributed by atoms with Crippen molar-refractivity contribution in [1.82, 2.24) is 87.6 Å². The topological polar surface area (TPSA) is 611 Å². The van der Waals surface area contributed by atoms with E-state index in [0.717, 1.165) is 36.3 Å². The number of thioether (sulfide) groups is 1. The number of phenols is 1. The Balaban J connectivity index is 1.16. The molecular weight excluding hydrogens is 1670 g/mol. The number of nitrogens with zero attached hydrogens (tertiary/aromatic N) is 5. The normalized spacial score (nSPS) is 25.6. The number of unbranched alkanes of at least 4 members (excludes halogenated alkanes) is 2. The number of rotatable bonds is 22. The molecule has 692 valence electrons. The molecule has 3 saturated heterocycles. The molecule has 15 atom stereocenters. The Bertz CT molecular complexity index is 4780. The number of nitrogens with one attached hydrogen (secondary N) is 12. The zero-order valence-electron chi connectivity index (χ0n) is 72.4. The molecular formula is C85H119N19O22S. The van der Waals surface area contributed by atoms with Crippen molar-refractivity contribution in [1.29, 1.82) is 0 Å².